The molecule has 1 aromatic heterocycles. The third-order valence-electron chi connectivity index (χ3n) is 1.69. The lowest BCUT2D eigenvalue weighted by atomic mass is 10.1. The number of hydrogen-bond acceptors (Lipinski definition) is 3. The normalized spacial score (nSPS) is 10.1. The molecule has 0 radical (unpaired) electrons. The molecule has 0 unspecified atom stereocenters. The minimum Gasteiger partial charge on any atom is -0.293 e. The number of carbonyl (C=O) groups is 1. The molecule has 0 aliphatic rings. The molecule has 0 saturated heterocycles. The molecule has 70 valence electrons. The first-order valence-corrected chi connectivity index (χ1v) is 6.14. The number of aryl methyl sites for hydroxylation is 1. The van der Waals surface area contributed by atoms with Gasteiger partial charge in [-0.3, -0.25) is 4.79 Å². The van der Waals surface area contributed by atoms with E-state index in [1.54, 1.807) is 11.8 Å². The molecule has 0 aliphatic carbocycles. The Labute approximate surface area is 90.3 Å². The second-order valence-corrected chi connectivity index (χ2v) is 3.93. The molecule has 0 aliphatic heterocycles. The zero-order valence-electron chi connectivity index (χ0n) is 7.50. The summed E-state index contributed by atoms with van der Waals surface area (Å²) in [7, 11) is 0. The van der Waals surface area contributed by atoms with E-state index in [0.29, 0.717) is 10.9 Å². The van der Waals surface area contributed by atoms with Crippen molar-refractivity contribution in [1.29, 1.82) is 0 Å². The van der Waals surface area contributed by atoms with Gasteiger partial charge in [0.2, 0.25) is 0 Å². The smallest absolute Gasteiger partial charge is 0.175 e. The molecular formula is C9H10BrNOS. The molecule has 2 nitrogen and oxygen atoms in total. The van der Waals surface area contributed by atoms with Crippen LogP contribution in [-0.4, -0.2) is 22.4 Å². The van der Waals surface area contributed by atoms with E-state index >= 15 is 0 Å². The summed E-state index contributed by atoms with van der Waals surface area (Å²) in [4.78, 5) is 15.6. The van der Waals surface area contributed by atoms with Crippen LogP contribution >= 0.6 is 27.7 Å². The van der Waals surface area contributed by atoms with E-state index in [1.165, 1.54) is 0 Å². The third-order valence-corrected chi connectivity index (χ3v) is 2.85. The predicted molar refractivity (Wildman–Crippen MR) is 58.9 cm³/mol. The molecule has 0 atom stereocenters. The summed E-state index contributed by atoms with van der Waals surface area (Å²) in [6.45, 7) is 1.86. The number of ketones is 1. The van der Waals surface area contributed by atoms with Crippen molar-refractivity contribution < 1.29 is 4.79 Å². The van der Waals surface area contributed by atoms with Gasteiger partial charge in [0.1, 0.15) is 0 Å². The van der Waals surface area contributed by atoms with Gasteiger partial charge in [-0.15, -0.1) is 11.8 Å². The molecule has 0 amide bonds. The standard InChI is InChI=1S/C9H10BrNOS/c1-6-7(8(12)5-10)3-4-9(11-6)13-2/h3-4H,5H2,1-2H3. The molecule has 1 aromatic rings. The van der Waals surface area contributed by atoms with Crippen LogP contribution in [0.25, 0.3) is 0 Å². The Morgan fingerprint density at radius 2 is 2.31 bits per heavy atom. The van der Waals surface area contributed by atoms with Gasteiger partial charge >= 0.3 is 0 Å². The molecule has 0 saturated carbocycles. The molecular weight excluding hydrogens is 250 g/mol. The lowest BCUT2D eigenvalue weighted by Gasteiger charge is -2.03. The van der Waals surface area contributed by atoms with Gasteiger partial charge in [-0.1, -0.05) is 15.9 Å². The highest BCUT2D eigenvalue weighted by Gasteiger charge is 2.08. The van der Waals surface area contributed by atoms with E-state index in [-0.39, 0.29) is 5.78 Å². The van der Waals surface area contributed by atoms with Gasteiger partial charge in [-0.2, -0.15) is 0 Å². The maximum atomic E-state index is 11.3. The molecule has 0 aromatic carbocycles. The second kappa shape index (κ2) is 4.77. The molecule has 13 heavy (non-hydrogen) atoms. The summed E-state index contributed by atoms with van der Waals surface area (Å²) < 4.78 is 0. The van der Waals surface area contributed by atoms with Gasteiger partial charge in [-0.05, 0) is 25.3 Å². The summed E-state index contributed by atoms with van der Waals surface area (Å²) >= 11 is 4.72. The summed E-state index contributed by atoms with van der Waals surface area (Å²) in [5.74, 6) is 0.0812. The van der Waals surface area contributed by atoms with E-state index < -0.39 is 0 Å². The number of Topliss-reactive ketones (excluding diaryl/α,β-unsaturated/α-hetero) is 1. The highest BCUT2D eigenvalue weighted by atomic mass is 79.9. The lowest BCUT2D eigenvalue weighted by Crippen LogP contribution is -2.04. The number of rotatable bonds is 3. The van der Waals surface area contributed by atoms with Gasteiger partial charge < -0.3 is 0 Å². The average Bonchev–Trinajstić information content (AvgIpc) is 2.16. The minimum absolute atomic E-state index is 0.0812. The van der Waals surface area contributed by atoms with Gasteiger partial charge in [-0.25, -0.2) is 4.98 Å². The number of nitrogens with zero attached hydrogens (tertiary/aromatic N) is 1. The van der Waals surface area contributed by atoms with E-state index in [4.69, 9.17) is 0 Å². The number of carbonyl (C=O) groups excluding carboxylic acids is 1. The Kier molecular flexibility index (Phi) is 3.93. The highest BCUT2D eigenvalue weighted by molar-refractivity contribution is 9.09. The van der Waals surface area contributed by atoms with Gasteiger partial charge in [0, 0.05) is 11.3 Å². The summed E-state index contributed by atoms with van der Waals surface area (Å²) in [6.07, 6.45) is 1.97. The van der Waals surface area contributed by atoms with Crippen LogP contribution < -0.4 is 0 Å². The Morgan fingerprint density at radius 3 is 2.77 bits per heavy atom. The minimum atomic E-state index is 0.0812. The van der Waals surface area contributed by atoms with Crippen LogP contribution in [0, 0.1) is 6.92 Å². The monoisotopic (exact) mass is 259 g/mol. The van der Waals surface area contributed by atoms with Crippen LogP contribution in [0.5, 0.6) is 0 Å². The Morgan fingerprint density at radius 1 is 1.62 bits per heavy atom. The molecule has 0 fully saturated rings. The Hall–Kier alpha value is -0.350. The number of halogens is 1. The number of thioether (sulfide) groups is 1. The number of aromatic nitrogens is 1. The zero-order chi connectivity index (χ0) is 9.84. The topological polar surface area (TPSA) is 30.0 Å². The van der Waals surface area contributed by atoms with Gasteiger partial charge in [0.05, 0.1) is 10.4 Å². The third kappa shape index (κ3) is 2.54. The fourth-order valence-corrected chi connectivity index (χ4v) is 1.75. The predicted octanol–water partition coefficient (Wildman–Crippen LogP) is 2.69. The van der Waals surface area contributed by atoms with E-state index in [0.717, 1.165) is 10.7 Å². The molecule has 1 heterocycles. The molecule has 0 spiro atoms. The van der Waals surface area contributed by atoms with E-state index in [1.807, 2.05) is 25.3 Å². The highest BCUT2D eigenvalue weighted by Crippen LogP contribution is 2.15. The number of pyridine rings is 1. The van der Waals surface area contributed by atoms with Crippen molar-refractivity contribution in [2.75, 3.05) is 11.6 Å². The van der Waals surface area contributed by atoms with Crippen molar-refractivity contribution in [1.82, 2.24) is 4.98 Å². The van der Waals surface area contributed by atoms with Crippen LogP contribution in [0.3, 0.4) is 0 Å². The maximum Gasteiger partial charge on any atom is 0.175 e. The van der Waals surface area contributed by atoms with Crippen molar-refractivity contribution >= 4 is 33.5 Å². The molecule has 0 N–H and O–H groups in total. The van der Waals surface area contributed by atoms with Crippen molar-refractivity contribution in [3.63, 3.8) is 0 Å². The quantitative estimate of drug-likeness (QED) is 0.475. The van der Waals surface area contributed by atoms with Crippen LogP contribution in [0.2, 0.25) is 0 Å². The molecule has 4 heteroatoms. The van der Waals surface area contributed by atoms with Crippen LogP contribution in [0.1, 0.15) is 16.1 Å². The summed E-state index contributed by atoms with van der Waals surface area (Å²) in [5.41, 5.74) is 1.51. The SMILES string of the molecule is CSc1ccc(C(=O)CBr)c(C)n1. The fourth-order valence-electron chi connectivity index (χ4n) is 1.02. The van der Waals surface area contributed by atoms with E-state index in [2.05, 4.69) is 20.9 Å². The molecule has 1 rings (SSSR count). The van der Waals surface area contributed by atoms with Crippen molar-refractivity contribution in [3.05, 3.63) is 23.4 Å². The largest absolute Gasteiger partial charge is 0.293 e. The summed E-state index contributed by atoms with van der Waals surface area (Å²) in [6, 6.07) is 3.70. The molecule has 0 bridgehead atoms. The maximum absolute atomic E-state index is 11.3. The van der Waals surface area contributed by atoms with Crippen LogP contribution in [-0.2, 0) is 0 Å². The van der Waals surface area contributed by atoms with Crippen LogP contribution in [0.15, 0.2) is 17.2 Å². The van der Waals surface area contributed by atoms with Gasteiger partial charge in [0.15, 0.2) is 5.78 Å². The van der Waals surface area contributed by atoms with E-state index in [9.17, 15) is 4.79 Å². The fraction of sp³-hybridized carbons (Fsp3) is 0.333. The first-order chi connectivity index (χ1) is 6.19. The zero-order valence-corrected chi connectivity index (χ0v) is 9.91. The van der Waals surface area contributed by atoms with Gasteiger partial charge in [0.25, 0.3) is 0 Å². The first-order valence-electron chi connectivity index (χ1n) is 3.80. The van der Waals surface area contributed by atoms with Crippen LogP contribution in [0.4, 0.5) is 0 Å². The second-order valence-electron chi connectivity index (χ2n) is 2.54. The lowest BCUT2D eigenvalue weighted by molar-refractivity contribution is 0.102. The van der Waals surface area contributed by atoms with Crippen molar-refractivity contribution in [3.8, 4) is 0 Å². The number of hydrogen-bond donors (Lipinski definition) is 0. The van der Waals surface area contributed by atoms with Crippen molar-refractivity contribution in [2.45, 2.75) is 11.9 Å². The van der Waals surface area contributed by atoms with Crippen molar-refractivity contribution in [2.24, 2.45) is 0 Å². The first kappa shape index (κ1) is 10.7. The Balaban J connectivity index is 3.05. The summed E-state index contributed by atoms with van der Waals surface area (Å²) in [5, 5.41) is 1.30. The average molecular weight is 260 g/mol. The Bertz CT molecular complexity index is 327. The number of alkyl halides is 1.